The van der Waals surface area contributed by atoms with E-state index in [0.717, 1.165) is 0 Å². The molecule has 10 heteroatoms. The zero-order valence-electron chi connectivity index (χ0n) is 7.45. The normalized spacial score (nSPS) is 10.8. The first kappa shape index (κ1) is 16.2. The molecule has 1 aromatic carbocycles. The van der Waals surface area contributed by atoms with Gasteiger partial charge in [0.15, 0.2) is 0 Å². The lowest BCUT2D eigenvalue weighted by atomic mass is 10.3. The van der Waals surface area contributed by atoms with Crippen molar-refractivity contribution in [2.45, 2.75) is 0 Å². The summed E-state index contributed by atoms with van der Waals surface area (Å²) >= 11 is -1.65. The highest BCUT2D eigenvalue weighted by molar-refractivity contribution is 14.2. The number of rotatable bonds is 1. The maximum absolute atomic E-state index is 10.6. The SMILES string of the molecule is O=I(=O)c1c(O)cccc1I.O=P(O)(O)O. The van der Waals surface area contributed by atoms with Crippen molar-refractivity contribution in [1.82, 2.24) is 0 Å². The Kier molecular flexibility index (Phi) is 6.89. The lowest BCUT2D eigenvalue weighted by Crippen LogP contribution is -1.79. The van der Waals surface area contributed by atoms with Crippen LogP contribution in [0, 0.1) is 7.14 Å². The van der Waals surface area contributed by atoms with E-state index in [-0.39, 0.29) is 9.32 Å². The van der Waals surface area contributed by atoms with Gasteiger partial charge in [-0.3, -0.25) is 0 Å². The van der Waals surface area contributed by atoms with E-state index in [1.54, 1.807) is 12.1 Å². The maximum atomic E-state index is 10.6. The minimum atomic E-state index is -4.64. The summed E-state index contributed by atoms with van der Waals surface area (Å²) in [6, 6.07) is 4.63. The van der Waals surface area contributed by atoms with Crippen molar-refractivity contribution in [3.8, 4) is 5.75 Å². The molecule has 0 saturated heterocycles. The van der Waals surface area contributed by atoms with Gasteiger partial charge in [0.1, 0.15) is 9.32 Å². The van der Waals surface area contributed by atoms with Gasteiger partial charge in [-0.2, -0.15) is 0 Å². The van der Waals surface area contributed by atoms with Crippen LogP contribution in [-0.2, 0) is 10.7 Å². The zero-order chi connectivity index (χ0) is 12.9. The van der Waals surface area contributed by atoms with Gasteiger partial charge in [-0.25, -0.2) is 10.7 Å². The number of halogens is 2. The molecule has 0 radical (unpaired) electrons. The van der Waals surface area contributed by atoms with Crippen molar-refractivity contribution >= 4 is 50.2 Å². The smallest absolute Gasteiger partial charge is 0.466 e. The summed E-state index contributed by atoms with van der Waals surface area (Å²) in [5.74, 6) is -0.146. The van der Waals surface area contributed by atoms with Crippen molar-refractivity contribution < 1.29 is 30.5 Å². The third-order valence-electron chi connectivity index (χ3n) is 1.09. The van der Waals surface area contributed by atoms with Crippen LogP contribution in [0.15, 0.2) is 18.2 Å². The Morgan fingerprint density at radius 1 is 1.19 bits per heavy atom. The van der Waals surface area contributed by atoms with Crippen LogP contribution in [0.3, 0.4) is 0 Å². The lowest BCUT2D eigenvalue weighted by Gasteiger charge is -1.95. The van der Waals surface area contributed by atoms with Gasteiger partial charge in [0.2, 0.25) is 0 Å². The van der Waals surface area contributed by atoms with Crippen molar-refractivity contribution in [2.75, 3.05) is 0 Å². The highest BCUT2D eigenvalue weighted by Gasteiger charge is 2.09. The van der Waals surface area contributed by atoms with Gasteiger partial charge in [0.05, 0.1) is 0 Å². The van der Waals surface area contributed by atoms with Crippen LogP contribution in [0.5, 0.6) is 5.75 Å². The van der Waals surface area contributed by atoms with Gasteiger partial charge < -0.3 is 19.8 Å². The van der Waals surface area contributed by atoms with E-state index in [2.05, 4.69) is 0 Å². The largest absolute Gasteiger partial charge is 0.507 e. The molecule has 0 atom stereocenters. The van der Waals surface area contributed by atoms with E-state index >= 15 is 0 Å². The van der Waals surface area contributed by atoms with E-state index < -0.39 is 27.6 Å². The number of phosphoric acid groups is 1. The van der Waals surface area contributed by atoms with Crippen LogP contribution < -0.4 is 0 Å². The minimum Gasteiger partial charge on any atom is -0.507 e. The van der Waals surface area contributed by atoms with Crippen molar-refractivity contribution in [3.63, 3.8) is 0 Å². The number of hydrogen-bond acceptors (Lipinski definition) is 4. The number of hydrogen-bond donors (Lipinski definition) is 4. The molecule has 0 fully saturated rings. The van der Waals surface area contributed by atoms with E-state index in [9.17, 15) is 6.14 Å². The summed E-state index contributed by atoms with van der Waals surface area (Å²) in [6.07, 6.45) is 0. The molecule has 0 aliphatic rings. The maximum Gasteiger partial charge on any atom is 0.466 e. The van der Waals surface area contributed by atoms with E-state index in [1.807, 2.05) is 22.6 Å². The first-order valence-corrected chi connectivity index (χ1v) is 8.92. The Bertz CT molecular complexity index is 441. The Balaban J connectivity index is 0.000000385. The lowest BCUT2D eigenvalue weighted by molar-refractivity contribution is 0.275. The van der Waals surface area contributed by atoms with Crippen LogP contribution in [-0.4, -0.2) is 19.8 Å². The van der Waals surface area contributed by atoms with Crippen molar-refractivity contribution in [2.24, 2.45) is 0 Å². The average Bonchev–Trinajstić information content (AvgIpc) is 1.99. The fraction of sp³-hybridized carbons (Fsp3) is 0. The molecule has 0 bridgehead atoms. The second kappa shape index (κ2) is 6.81. The van der Waals surface area contributed by atoms with Gasteiger partial charge in [0, 0.05) is 3.57 Å². The van der Waals surface area contributed by atoms with Gasteiger partial charge in [-0.05, 0) is 34.7 Å². The second-order valence-electron chi connectivity index (χ2n) is 2.30. The predicted octanol–water partition coefficient (Wildman–Crippen LogP) is 1.44. The summed E-state index contributed by atoms with van der Waals surface area (Å²) in [7, 11) is -4.64. The first-order chi connectivity index (χ1) is 7.13. The molecule has 0 saturated carbocycles. The quantitative estimate of drug-likeness (QED) is 0.357. The number of phenolic OH excluding ortho intramolecular Hbond substituents is 1. The Morgan fingerprint density at radius 2 is 1.62 bits per heavy atom. The van der Waals surface area contributed by atoms with Gasteiger partial charge in [-0.1, -0.05) is 6.07 Å². The van der Waals surface area contributed by atoms with E-state index in [4.69, 9.17) is 24.4 Å². The average molecular weight is 476 g/mol. The highest BCUT2D eigenvalue weighted by Crippen LogP contribution is 2.30. The molecule has 16 heavy (non-hydrogen) atoms. The molecule has 0 aliphatic heterocycles. The Hall–Kier alpha value is 0.190. The Morgan fingerprint density at radius 3 is 1.88 bits per heavy atom. The fourth-order valence-corrected chi connectivity index (χ4v) is 3.48. The predicted molar refractivity (Wildman–Crippen MR) is 69.2 cm³/mol. The molecule has 0 amide bonds. The topological polar surface area (TPSA) is 132 Å². The zero-order valence-corrected chi connectivity index (χ0v) is 12.7. The van der Waals surface area contributed by atoms with Crippen molar-refractivity contribution in [1.29, 1.82) is 0 Å². The van der Waals surface area contributed by atoms with Crippen LogP contribution in [0.4, 0.5) is 0 Å². The summed E-state index contributed by atoms with van der Waals surface area (Å²) < 4.78 is 30.8. The summed E-state index contributed by atoms with van der Waals surface area (Å²) in [5.41, 5.74) is 0. The molecule has 0 heterocycles. The molecule has 7 nitrogen and oxygen atoms in total. The first-order valence-electron chi connectivity index (χ1n) is 3.44. The highest BCUT2D eigenvalue weighted by atomic mass is 127. The number of phenols is 1. The number of benzene rings is 1. The van der Waals surface area contributed by atoms with Crippen LogP contribution in [0.1, 0.15) is 0 Å². The van der Waals surface area contributed by atoms with Gasteiger partial charge in [-0.15, -0.1) is 0 Å². The third-order valence-corrected chi connectivity index (χ3v) is 5.03. The van der Waals surface area contributed by atoms with Gasteiger partial charge >= 0.3 is 27.6 Å². The molecule has 0 unspecified atom stereocenters. The molecule has 0 spiro atoms. The standard InChI is InChI=1S/C6H4I2O3.H3O4P/c7-4-2-1-3-5(9)6(4)8(10)11;1-5(2,3)4/h1-3,9H;(H3,1,2,3,4). The van der Waals surface area contributed by atoms with Crippen LogP contribution in [0.2, 0.25) is 0 Å². The van der Waals surface area contributed by atoms with Crippen LogP contribution >= 0.6 is 50.2 Å². The molecule has 1 rings (SSSR count). The minimum absolute atomic E-state index is 0.0947. The second-order valence-corrected chi connectivity index (χ2v) is 6.81. The molecule has 0 aliphatic carbocycles. The molecular weight excluding hydrogens is 469 g/mol. The Labute approximate surface area is 111 Å². The monoisotopic (exact) mass is 476 g/mol. The fourth-order valence-electron chi connectivity index (χ4n) is 0.645. The third kappa shape index (κ3) is 7.46. The molecular formula is C6H7I2O7P. The van der Waals surface area contributed by atoms with E-state index in [1.165, 1.54) is 6.07 Å². The molecule has 0 aromatic heterocycles. The summed E-state index contributed by atoms with van der Waals surface area (Å²) in [6.45, 7) is 0. The molecule has 4 N–H and O–H groups in total. The summed E-state index contributed by atoms with van der Waals surface area (Å²) in [5, 5.41) is 9.10. The molecule has 1 aromatic rings. The summed E-state index contributed by atoms with van der Waals surface area (Å²) in [4.78, 5) is 21.6. The molecule has 92 valence electrons. The van der Waals surface area contributed by atoms with Crippen LogP contribution in [0.25, 0.3) is 0 Å². The van der Waals surface area contributed by atoms with Crippen molar-refractivity contribution in [3.05, 3.63) is 25.3 Å². The van der Waals surface area contributed by atoms with Gasteiger partial charge in [0.25, 0.3) is 0 Å². The number of aromatic hydroxyl groups is 1. The van der Waals surface area contributed by atoms with E-state index in [0.29, 0.717) is 3.57 Å².